The lowest BCUT2D eigenvalue weighted by Gasteiger charge is -2.08. The largest absolute Gasteiger partial charge is 0.492 e. The van der Waals surface area contributed by atoms with Crippen molar-refractivity contribution >= 4 is 5.91 Å². The number of benzene rings is 3. The van der Waals surface area contributed by atoms with Crippen LogP contribution in [0.15, 0.2) is 84.9 Å². The van der Waals surface area contributed by atoms with Gasteiger partial charge < -0.3 is 10.1 Å². The molecule has 0 aliphatic heterocycles. The Kier molecular flexibility index (Phi) is 7.31. The highest BCUT2D eigenvalue weighted by Crippen LogP contribution is 2.25. The number of ether oxygens (including phenoxy) is 1. The molecule has 0 aliphatic rings. The Morgan fingerprint density at radius 2 is 1.82 bits per heavy atom. The number of rotatable bonds is 9. The molecule has 0 radical (unpaired) electrons. The number of carbonyl (C=O) groups excluding carboxylic acids is 1. The first-order valence-electron chi connectivity index (χ1n) is 10.9. The number of hydrogen-bond acceptors (Lipinski definition) is 4. The molecule has 3 aromatic carbocycles. The van der Waals surface area contributed by atoms with Gasteiger partial charge in [0.1, 0.15) is 18.2 Å². The zero-order chi connectivity index (χ0) is 23.8. The number of halogens is 1. The maximum atomic E-state index is 13.9. The minimum atomic E-state index is -0.344. The molecular weight excluding hydrogens is 431 g/mol. The lowest BCUT2D eigenvalue weighted by atomic mass is 10.1. The van der Waals surface area contributed by atoms with Crippen molar-refractivity contribution in [3.63, 3.8) is 0 Å². The van der Waals surface area contributed by atoms with Gasteiger partial charge in [0, 0.05) is 18.4 Å². The Balaban J connectivity index is 1.42. The highest BCUT2D eigenvalue weighted by Gasteiger charge is 2.14. The van der Waals surface area contributed by atoms with E-state index in [0.717, 1.165) is 11.4 Å². The Hall–Kier alpha value is -4.44. The molecule has 7 heteroatoms. The topological polar surface area (TPSA) is 79.9 Å². The standard InChI is InChI=1S/C27H23FN4O2/c28-22-6-4-5-21(17-22)26-18-23(31-32(26)24-12-9-20(19-29)10-13-24)11-14-27(33)30-15-16-34-25-7-2-1-3-8-25/h1-10,12-13,17-18H,11,14-16H2,(H,30,33). The molecule has 0 unspecified atom stereocenters. The molecule has 0 bridgehead atoms. The van der Waals surface area contributed by atoms with E-state index in [1.165, 1.54) is 12.1 Å². The highest BCUT2D eigenvalue weighted by atomic mass is 19.1. The summed E-state index contributed by atoms with van der Waals surface area (Å²) in [4.78, 5) is 12.3. The van der Waals surface area contributed by atoms with Crippen molar-refractivity contribution in [1.29, 1.82) is 5.26 Å². The van der Waals surface area contributed by atoms with Gasteiger partial charge in [-0.2, -0.15) is 10.4 Å². The van der Waals surface area contributed by atoms with Crippen LogP contribution in [-0.2, 0) is 11.2 Å². The van der Waals surface area contributed by atoms with Gasteiger partial charge in [0.15, 0.2) is 0 Å². The van der Waals surface area contributed by atoms with Crippen LogP contribution in [0.5, 0.6) is 5.75 Å². The summed E-state index contributed by atoms with van der Waals surface area (Å²) < 4.78 is 21.2. The van der Waals surface area contributed by atoms with E-state index in [0.29, 0.717) is 42.1 Å². The summed E-state index contributed by atoms with van der Waals surface area (Å²) in [7, 11) is 0. The van der Waals surface area contributed by atoms with Gasteiger partial charge >= 0.3 is 0 Å². The first kappa shape index (κ1) is 22.7. The van der Waals surface area contributed by atoms with E-state index in [2.05, 4.69) is 16.5 Å². The molecular formula is C27H23FN4O2. The van der Waals surface area contributed by atoms with Crippen LogP contribution in [0.25, 0.3) is 16.9 Å². The van der Waals surface area contributed by atoms with Crippen LogP contribution in [0.2, 0.25) is 0 Å². The molecule has 6 nitrogen and oxygen atoms in total. The van der Waals surface area contributed by atoms with Crippen molar-refractivity contribution in [2.45, 2.75) is 12.8 Å². The normalized spacial score (nSPS) is 10.5. The van der Waals surface area contributed by atoms with E-state index >= 15 is 0 Å². The molecule has 0 fully saturated rings. The lowest BCUT2D eigenvalue weighted by molar-refractivity contribution is -0.121. The number of hydrogen-bond donors (Lipinski definition) is 1. The van der Waals surface area contributed by atoms with Gasteiger partial charge in [-0.15, -0.1) is 0 Å². The summed E-state index contributed by atoms with van der Waals surface area (Å²) in [6.07, 6.45) is 0.690. The van der Waals surface area contributed by atoms with E-state index in [1.807, 2.05) is 42.5 Å². The molecule has 4 rings (SSSR count). The first-order chi connectivity index (χ1) is 16.6. The first-order valence-corrected chi connectivity index (χ1v) is 10.9. The van der Waals surface area contributed by atoms with Crippen molar-refractivity contribution < 1.29 is 13.9 Å². The van der Waals surface area contributed by atoms with E-state index in [4.69, 9.17) is 10.00 Å². The van der Waals surface area contributed by atoms with Gasteiger partial charge in [-0.25, -0.2) is 9.07 Å². The zero-order valence-corrected chi connectivity index (χ0v) is 18.4. The fourth-order valence-electron chi connectivity index (χ4n) is 3.49. The van der Waals surface area contributed by atoms with Crippen molar-refractivity contribution in [1.82, 2.24) is 15.1 Å². The maximum Gasteiger partial charge on any atom is 0.220 e. The van der Waals surface area contributed by atoms with Gasteiger partial charge in [-0.1, -0.05) is 30.3 Å². The number of carbonyl (C=O) groups is 1. The number of nitrogens with zero attached hydrogens (tertiary/aromatic N) is 3. The van der Waals surface area contributed by atoms with Crippen molar-refractivity contribution in [3.05, 3.63) is 102 Å². The van der Waals surface area contributed by atoms with Gasteiger partial charge in [0.05, 0.1) is 35.3 Å². The van der Waals surface area contributed by atoms with E-state index in [1.54, 1.807) is 35.0 Å². The van der Waals surface area contributed by atoms with Crippen LogP contribution in [0, 0.1) is 17.1 Å². The van der Waals surface area contributed by atoms with Crippen molar-refractivity contribution in [3.8, 4) is 28.8 Å². The second kappa shape index (κ2) is 10.9. The number of amides is 1. The summed E-state index contributed by atoms with van der Waals surface area (Å²) in [6.45, 7) is 0.786. The number of nitrogens with one attached hydrogen (secondary N) is 1. The van der Waals surface area contributed by atoms with Crippen LogP contribution < -0.4 is 10.1 Å². The predicted octanol–water partition coefficient (Wildman–Crippen LogP) is 4.68. The molecule has 4 aromatic rings. The van der Waals surface area contributed by atoms with Crippen LogP contribution in [0.3, 0.4) is 0 Å². The summed E-state index contributed by atoms with van der Waals surface area (Å²) >= 11 is 0. The highest BCUT2D eigenvalue weighted by molar-refractivity contribution is 5.76. The lowest BCUT2D eigenvalue weighted by Crippen LogP contribution is -2.28. The fourth-order valence-corrected chi connectivity index (χ4v) is 3.49. The molecule has 0 atom stereocenters. The average molecular weight is 455 g/mol. The third-order valence-electron chi connectivity index (χ3n) is 5.17. The molecule has 0 saturated heterocycles. The second-order valence-corrected chi connectivity index (χ2v) is 7.61. The smallest absolute Gasteiger partial charge is 0.220 e. The van der Waals surface area contributed by atoms with E-state index in [9.17, 15) is 9.18 Å². The molecule has 1 amide bonds. The minimum absolute atomic E-state index is 0.100. The fraction of sp³-hybridized carbons (Fsp3) is 0.148. The third-order valence-corrected chi connectivity index (χ3v) is 5.17. The van der Waals surface area contributed by atoms with E-state index < -0.39 is 0 Å². The molecule has 34 heavy (non-hydrogen) atoms. The second-order valence-electron chi connectivity index (χ2n) is 7.61. The molecule has 0 aliphatic carbocycles. The monoisotopic (exact) mass is 454 g/mol. The van der Waals surface area contributed by atoms with Crippen LogP contribution in [0.1, 0.15) is 17.7 Å². The Labute approximate surface area is 197 Å². The summed E-state index contributed by atoms with van der Waals surface area (Å²) in [5.74, 6) is 0.315. The molecule has 1 heterocycles. The Morgan fingerprint density at radius 1 is 1.03 bits per heavy atom. The molecule has 0 spiro atoms. The van der Waals surface area contributed by atoms with Crippen LogP contribution in [-0.4, -0.2) is 28.8 Å². The minimum Gasteiger partial charge on any atom is -0.492 e. The Morgan fingerprint density at radius 3 is 2.56 bits per heavy atom. The number of aromatic nitrogens is 2. The molecule has 1 aromatic heterocycles. The van der Waals surface area contributed by atoms with Gasteiger partial charge in [0.2, 0.25) is 5.91 Å². The zero-order valence-electron chi connectivity index (χ0n) is 18.4. The predicted molar refractivity (Wildman–Crippen MR) is 127 cm³/mol. The Bertz CT molecular complexity index is 1290. The maximum absolute atomic E-state index is 13.9. The van der Waals surface area contributed by atoms with Gasteiger partial charge in [-0.3, -0.25) is 4.79 Å². The number of nitriles is 1. The van der Waals surface area contributed by atoms with E-state index in [-0.39, 0.29) is 18.1 Å². The quantitative estimate of drug-likeness (QED) is 0.373. The molecule has 170 valence electrons. The number of para-hydroxylation sites is 1. The van der Waals surface area contributed by atoms with Crippen LogP contribution in [0.4, 0.5) is 4.39 Å². The molecule has 0 saturated carbocycles. The average Bonchev–Trinajstić information content (AvgIpc) is 3.30. The van der Waals surface area contributed by atoms with Crippen molar-refractivity contribution in [2.75, 3.05) is 13.2 Å². The van der Waals surface area contributed by atoms with Gasteiger partial charge in [0.25, 0.3) is 0 Å². The summed E-state index contributed by atoms with van der Waals surface area (Å²) in [5, 5.41) is 16.6. The molecule has 1 N–H and O–H groups in total. The number of aryl methyl sites for hydroxylation is 1. The van der Waals surface area contributed by atoms with Crippen molar-refractivity contribution in [2.24, 2.45) is 0 Å². The third kappa shape index (κ3) is 5.87. The van der Waals surface area contributed by atoms with Crippen LogP contribution >= 0.6 is 0 Å². The summed E-state index contributed by atoms with van der Waals surface area (Å²) in [6, 6.07) is 26.7. The summed E-state index contributed by atoms with van der Waals surface area (Å²) in [5.41, 5.74) is 3.36. The van der Waals surface area contributed by atoms with Gasteiger partial charge in [-0.05, 0) is 54.6 Å². The SMILES string of the molecule is N#Cc1ccc(-n2nc(CCC(=O)NCCOc3ccccc3)cc2-c2cccc(F)c2)cc1.